The lowest BCUT2D eigenvalue weighted by Gasteiger charge is -1.85. The van der Waals surface area contributed by atoms with E-state index in [1.54, 1.807) is 5.37 Å². The second kappa shape index (κ2) is 8.04. The van der Waals surface area contributed by atoms with Crippen LogP contribution in [-0.2, 0) is 0 Å². The molecule has 0 radical (unpaired) electrons. The van der Waals surface area contributed by atoms with Crippen LogP contribution in [0.4, 0.5) is 0 Å². The van der Waals surface area contributed by atoms with Crippen LogP contribution < -0.4 is 0 Å². The molecular weight excluding hydrogens is 152 g/mol. The topological polar surface area (TPSA) is 24.7 Å². The molecule has 0 aromatic heterocycles. The highest BCUT2D eigenvalue weighted by Crippen LogP contribution is 1.95. The fourth-order valence-electron chi connectivity index (χ4n) is 0.344. The molecule has 0 aliphatic heterocycles. The van der Waals surface area contributed by atoms with Crippen LogP contribution in [0.5, 0.6) is 0 Å². The summed E-state index contributed by atoms with van der Waals surface area (Å²) in [6, 6.07) is 0. The predicted octanol–water partition coefficient (Wildman–Crippen LogP) is 2.50. The van der Waals surface area contributed by atoms with Crippen molar-refractivity contribution >= 4 is 29.5 Å². The minimum Gasteiger partial charge on any atom is -0.182 e. The molecule has 0 N–H and O–H groups in total. The van der Waals surface area contributed by atoms with Crippen LogP contribution in [0, 0.1) is 0 Å². The zero-order valence-corrected chi connectivity index (χ0v) is 7.04. The fraction of sp³-hybridized carbons (Fsp3) is 0.800. The van der Waals surface area contributed by atoms with Crippen molar-refractivity contribution in [2.45, 2.75) is 12.8 Å². The lowest BCUT2D eigenvalue weighted by Crippen LogP contribution is -1.78. The standard InChI is InChI=1S/C5H10N2S2/c1-9-7-6-4-2-3-5-8/h5H,2-4H2,1H3. The third-order valence-electron chi connectivity index (χ3n) is 0.719. The monoisotopic (exact) mass is 162 g/mol. The van der Waals surface area contributed by atoms with Crippen molar-refractivity contribution in [2.75, 3.05) is 12.8 Å². The zero-order chi connectivity index (χ0) is 6.95. The smallest absolute Gasteiger partial charge is 0.0612 e. The van der Waals surface area contributed by atoms with E-state index in [0.29, 0.717) is 0 Å². The van der Waals surface area contributed by atoms with Gasteiger partial charge in [0.25, 0.3) is 0 Å². The molecule has 0 fully saturated rings. The first-order valence-corrected chi connectivity index (χ1v) is 4.40. The van der Waals surface area contributed by atoms with Crippen molar-refractivity contribution in [1.29, 1.82) is 0 Å². The van der Waals surface area contributed by atoms with Gasteiger partial charge in [-0.15, -0.1) is 4.52 Å². The highest BCUT2D eigenvalue weighted by Gasteiger charge is 1.79. The first kappa shape index (κ1) is 9.04. The Morgan fingerprint density at radius 3 is 3.00 bits per heavy atom. The van der Waals surface area contributed by atoms with Crippen molar-refractivity contribution in [2.24, 2.45) is 9.63 Å². The maximum Gasteiger partial charge on any atom is 0.0612 e. The van der Waals surface area contributed by atoms with Crippen LogP contribution in [0.2, 0.25) is 0 Å². The van der Waals surface area contributed by atoms with Crippen molar-refractivity contribution in [3.63, 3.8) is 0 Å². The van der Waals surface area contributed by atoms with Crippen LogP contribution in [0.25, 0.3) is 0 Å². The Balaban J connectivity index is 2.90. The van der Waals surface area contributed by atoms with E-state index in [-0.39, 0.29) is 0 Å². The average Bonchev–Trinajstić information content (AvgIpc) is 1.89. The van der Waals surface area contributed by atoms with Gasteiger partial charge in [0.15, 0.2) is 0 Å². The van der Waals surface area contributed by atoms with Gasteiger partial charge < -0.3 is 0 Å². The van der Waals surface area contributed by atoms with Gasteiger partial charge in [0.1, 0.15) is 0 Å². The van der Waals surface area contributed by atoms with Gasteiger partial charge in [-0.05, 0) is 30.2 Å². The zero-order valence-electron chi connectivity index (χ0n) is 5.41. The van der Waals surface area contributed by atoms with E-state index in [1.807, 2.05) is 6.26 Å². The molecule has 2 nitrogen and oxygen atoms in total. The molecule has 0 atom stereocenters. The van der Waals surface area contributed by atoms with Gasteiger partial charge in [-0.2, -0.15) is 5.11 Å². The van der Waals surface area contributed by atoms with E-state index >= 15 is 0 Å². The Morgan fingerprint density at radius 2 is 2.44 bits per heavy atom. The van der Waals surface area contributed by atoms with Gasteiger partial charge in [-0.25, -0.2) is 0 Å². The van der Waals surface area contributed by atoms with E-state index in [4.69, 9.17) is 0 Å². The molecule has 0 spiro atoms. The SMILES string of the molecule is CSN=NCCCC=S. The van der Waals surface area contributed by atoms with Crippen molar-refractivity contribution in [3.05, 3.63) is 0 Å². The number of hydrogen-bond donors (Lipinski definition) is 0. The Hall–Kier alpha value is 0.0400. The number of unbranched alkanes of at least 4 members (excludes halogenated alkanes) is 1. The highest BCUT2D eigenvalue weighted by molar-refractivity contribution is 7.97. The lowest BCUT2D eigenvalue weighted by molar-refractivity contribution is 0.858. The summed E-state index contributed by atoms with van der Waals surface area (Å²) in [7, 11) is 0. The fourth-order valence-corrected chi connectivity index (χ4v) is 0.708. The van der Waals surface area contributed by atoms with Crippen LogP contribution >= 0.6 is 24.2 Å². The van der Waals surface area contributed by atoms with E-state index in [0.717, 1.165) is 19.4 Å². The van der Waals surface area contributed by atoms with Crippen molar-refractivity contribution < 1.29 is 0 Å². The van der Waals surface area contributed by atoms with E-state index < -0.39 is 0 Å². The molecule has 52 valence electrons. The molecule has 0 bridgehead atoms. The molecule has 0 saturated carbocycles. The molecule has 0 heterocycles. The Labute approximate surface area is 65.3 Å². The molecule has 4 heteroatoms. The van der Waals surface area contributed by atoms with Crippen LogP contribution in [-0.4, -0.2) is 18.2 Å². The van der Waals surface area contributed by atoms with E-state index in [2.05, 4.69) is 21.9 Å². The largest absolute Gasteiger partial charge is 0.182 e. The number of nitrogens with zero attached hydrogens (tertiary/aromatic N) is 2. The highest BCUT2D eigenvalue weighted by atomic mass is 32.2. The molecule has 0 aromatic rings. The van der Waals surface area contributed by atoms with Crippen LogP contribution in [0.3, 0.4) is 0 Å². The summed E-state index contributed by atoms with van der Waals surface area (Å²) in [6.07, 6.45) is 3.87. The van der Waals surface area contributed by atoms with E-state index in [1.165, 1.54) is 11.9 Å². The van der Waals surface area contributed by atoms with Crippen molar-refractivity contribution in [1.82, 2.24) is 0 Å². The first-order chi connectivity index (χ1) is 4.41. The van der Waals surface area contributed by atoms with Crippen molar-refractivity contribution in [3.8, 4) is 0 Å². The Morgan fingerprint density at radius 1 is 1.67 bits per heavy atom. The third kappa shape index (κ3) is 8.04. The van der Waals surface area contributed by atoms with Gasteiger partial charge in [-0.3, -0.25) is 0 Å². The Bertz CT molecular complexity index is 93.0. The average molecular weight is 162 g/mol. The molecule has 9 heavy (non-hydrogen) atoms. The maximum atomic E-state index is 4.63. The minimum atomic E-state index is 0.800. The summed E-state index contributed by atoms with van der Waals surface area (Å²) in [5, 5.41) is 5.58. The second-order valence-electron chi connectivity index (χ2n) is 1.44. The molecule has 0 saturated heterocycles. The summed E-state index contributed by atoms with van der Waals surface area (Å²) in [5.74, 6) is 0. The molecule has 0 aromatic carbocycles. The molecule has 0 rings (SSSR count). The third-order valence-corrected chi connectivity index (χ3v) is 1.23. The molecular formula is C5H10N2S2. The van der Waals surface area contributed by atoms with E-state index in [9.17, 15) is 0 Å². The van der Waals surface area contributed by atoms with Crippen LogP contribution in [0.1, 0.15) is 12.8 Å². The summed E-state index contributed by atoms with van der Waals surface area (Å²) < 4.78 is 3.74. The normalized spacial score (nSPS) is 10.3. The van der Waals surface area contributed by atoms with Gasteiger partial charge in [-0.1, -0.05) is 12.2 Å². The number of thiocarbonyl (C=S) groups is 1. The molecule has 0 aliphatic carbocycles. The molecule has 0 unspecified atom stereocenters. The van der Waals surface area contributed by atoms with Gasteiger partial charge in [0.2, 0.25) is 0 Å². The van der Waals surface area contributed by atoms with Gasteiger partial charge in [0, 0.05) is 6.26 Å². The van der Waals surface area contributed by atoms with Gasteiger partial charge in [0.05, 0.1) is 6.54 Å². The first-order valence-electron chi connectivity index (χ1n) is 2.75. The maximum absolute atomic E-state index is 4.63. The Kier molecular flexibility index (Phi) is 8.08. The number of hydrogen-bond acceptors (Lipinski definition) is 4. The van der Waals surface area contributed by atoms with Crippen LogP contribution in [0.15, 0.2) is 9.63 Å². The summed E-state index contributed by atoms with van der Waals surface area (Å²) >= 11 is 6.01. The second-order valence-corrected chi connectivity index (χ2v) is 2.30. The quantitative estimate of drug-likeness (QED) is 0.268. The van der Waals surface area contributed by atoms with Gasteiger partial charge >= 0.3 is 0 Å². The molecule has 0 amide bonds. The summed E-state index contributed by atoms with van der Waals surface area (Å²) in [4.78, 5) is 0. The predicted molar refractivity (Wildman–Crippen MR) is 46.1 cm³/mol. The summed E-state index contributed by atoms with van der Waals surface area (Å²) in [5.41, 5.74) is 0. The molecule has 0 aliphatic rings. The minimum absolute atomic E-state index is 0.800. The summed E-state index contributed by atoms with van der Waals surface area (Å²) in [6.45, 7) is 0.800. The number of rotatable bonds is 5. The lowest BCUT2D eigenvalue weighted by atomic mass is 10.3.